The molecule has 0 N–H and O–H groups in total. The Balaban J connectivity index is 2.15. The summed E-state index contributed by atoms with van der Waals surface area (Å²) >= 11 is 0. The van der Waals surface area contributed by atoms with E-state index in [0.717, 1.165) is 34.1 Å². The minimum Gasteiger partial charge on any atom is -0.406 e. The smallest absolute Gasteiger partial charge is 0.406 e. The Morgan fingerprint density at radius 2 is 1.58 bits per heavy atom. The van der Waals surface area contributed by atoms with Crippen LogP contribution in [-0.2, 0) is 24.3 Å². The van der Waals surface area contributed by atoms with Gasteiger partial charge in [0.2, 0.25) is 10.0 Å². The van der Waals surface area contributed by atoms with Crippen LogP contribution in [0.15, 0.2) is 58.3 Å². The van der Waals surface area contributed by atoms with Gasteiger partial charge in [0.1, 0.15) is 5.75 Å². The molecule has 2 aromatic rings. The quantitative estimate of drug-likeness (QED) is 0.481. The highest BCUT2D eigenvalue weighted by Crippen LogP contribution is 2.26. The second-order valence-electron chi connectivity index (χ2n) is 6.52. The molecule has 0 radical (unpaired) electrons. The summed E-state index contributed by atoms with van der Waals surface area (Å²) in [4.78, 5) is -0.482. The van der Waals surface area contributed by atoms with Crippen LogP contribution in [0, 0.1) is 6.92 Å². The normalized spacial score (nSPS) is 12.8. The van der Waals surface area contributed by atoms with Crippen molar-refractivity contribution in [1.29, 1.82) is 0 Å². The second-order valence-corrected chi connectivity index (χ2v) is 10.1. The lowest BCUT2D eigenvalue weighted by Gasteiger charge is -2.22. The molecular weight excluding hydrogens is 459 g/mol. The van der Waals surface area contributed by atoms with E-state index in [4.69, 9.17) is 4.18 Å². The summed E-state index contributed by atoms with van der Waals surface area (Å²) in [6.45, 7) is 2.73. The first-order valence-electron chi connectivity index (χ1n) is 9.17. The maximum Gasteiger partial charge on any atom is 0.573 e. The highest BCUT2D eigenvalue weighted by Gasteiger charge is 2.32. The van der Waals surface area contributed by atoms with Crippen LogP contribution in [0.5, 0.6) is 5.75 Å². The maximum absolute atomic E-state index is 12.9. The standard InChI is InChI=1S/C19H22F3NO6S2/c1-3-11-23(12-13-28-31(26,27)17-9-7-15(2)8-10-17)30(24,25)18-6-4-5-16(14-18)29-19(20,21)22/h4-10,14H,3,11-13H2,1-2H3. The molecule has 0 spiro atoms. The van der Waals surface area contributed by atoms with Crippen LogP contribution >= 0.6 is 0 Å². The van der Waals surface area contributed by atoms with Crippen molar-refractivity contribution in [2.45, 2.75) is 36.4 Å². The van der Waals surface area contributed by atoms with Gasteiger partial charge in [-0.1, -0.05) is 30.7 Å². The monoisotopic (exact) mass is 481 g/mol. The molecule has 0 bridgehead atoms. The van der Waals surface area contributed by atoms with Gasteiger partial charge in [-0.25, -0.2) is 8.42 Å². The molecule has 0 unspecified atom stereocenters. The number of alkyl halides is 3. The van der Waals surface area contributed by atoms with Crippen LogP contribution in [0.25, 0.3) is 0 Å². The van der Waals surface area contributed by atoms with Crippen LogP contribution in [0.3, 0.4) is 0 Å². The zero-order chi connectivity index (χ0) is 23.3. The molecule has 0 amide bonds. The van der Waals surface area contributed by atoms with E-state index in [-0.39, 0.29) is 18.0 Å². The van der Waals surface area contributed by atoms with E-state index in [9.17, 15) is 30.0 Å². The van der Waals surface area contributed by atoms with Crippen LogP contribution in [0.2, 0.25) is 0 Å². The Morgan fingerprint density at radius 1 is 0.935 bits per heavy atom. The maximum atomic E-state index is 12.9. The van der Waals surface area contributed by atoms with Gasteiger partial charge in [-0.05, 0) is 37.6 Å². The lowest BCUT2D eigenvalue weighted by atomic mass is 10.2. The molecule has 0 aromatic heterocycles. The lowest BCUT2D eigenvalue weighted by molar-refractivity contribution is -0.274. The van der Waals surface area contributed by atoms with E-state index < -0.39 is 43.8 Å². The van der Waals surface area contributed by atoms with Gasteiger partial charge in [-0.2, -0.15) is 12.7 Å². The number of aryl methyl sites for hydroxylation is 1. The van der Waals surface area contributed by atoms with Crippen molar-refractivity contribution in [2.75, 3.05) is 19.7 Å². The fraction of sp³-hybridized carbons (Fsp3) is 0.368. The highest BCUT2D eigenvalue weighted by molar-refractivity contribution is 7.89. The van der Waals surface area contributed by atoms with Crippen molar-refractivity contribution in [3.05, 3.63) is 54.1 Å². The van der Waals surface area contributed by atoms with Crippen LogP contribution < -0.4 is 4.74 Å². The van der Waals surface area contributed by atoms with Crippen molar-refractivity contribution in [3.8, 4) is 5.75 Å². The van der Waals surface area contributed by atoms with Gasteiger partial charge in [0, 0.05) is 19.2 Å². The van der Waals surface area contributed by atoms with Crippen LogP contribution in [-0.4, -0.2) is 47.2 Å². The van der Waals surface area contributed by atoms with Crippen molar-refractivity contribution >= 4 is 20.1 Å². The average molecular weight is 482 g/mol. The summed E-state index contributed by atoms with van der Waals surface area (Å²) in [7, 11) is -8.31. The number of nitrogens with zero attached hydrogens (tertiary/aromatic N) is 1. The van der Waals surface area contributed by atoms with Gasteiger partial charge in [-0.15, -0.1) is 13.2 Å². The average Bonchev–Trinajstić information content (AvgIpc) is 2.66. The third-order valence-corrected chi connectivity index (χ3v) is 7.26. The first-order valence-corrected chi connectivity index (χ1v) is 12.0. The number of hydrogen-bond donors (Lipinski definition) is 0. The third-order valence-electron chi connectivity index (χ3n) is 4.04. The molecular formula is C19H22F3NO6S2. The number of benzene rings is 2. The van der Waals surface area contributed by atoms with E-state index in [2.05, 4.69) is 4.74 Å². The summed E-state index contributed by atoms with van der Waals surface area (Å²) in [6.07, 6.45) is -4.58. The number of rotatable bonds is 10. The molecule has 0 aliphatic heterocycles. The molecule has 7 nitrogen and oxygen atoms in total. The van der Waals surface area contributed by atoms with Gasteiger partial charge in [0.15, 0.2) is 0 Å². The lowest BCUT2D eigenvalue weighted by Crippen LogP contribution is -2.35. The molecule has 0 saturated carbocycles. The first-order chi connectivity index (χ1) is 14.3. The predicted octanol–water partition coefficient (Wildman–Crippen LogP) is 3.70. The predicted molar refractivity (Wildman–Crippen MR) is 106 cm³/mol. The van der Waals surface area contributed by atoms with Crippen LogP contribution in [0.4, 0.5) is 13.2 Å². The SMILES string of the molecule is CCCN(CCOS(=O)(=O)c1ccc(C)cc1)S(=O)(=O)c1cccc(OC(F)(F)F)c1. The van der Waals surface area contributed by atoms with E-state index in [1.54, 1.807) is 26.0 Å². The molecule has 2 aromatic carbocycles. The Morgan fingerprint density at radius 3 is 2.16 bits per heavy atom. The fourth-order valence-corrected chi connectivity index (χ4v) is 5.06. The largest absolute Gasteiger partial charge is 0.573 e. The molecule has 0 aliphatic carbocycles. The summed E-state index contributed by atoms with van der Waals surface area (Å²) < 4.78 is 97.3. The minimum atomic E-state index is -4.97. The number of sulfonamides is 1. The molecule has 172 valence electrons. The Labute approximate surface area is 179 Å². The zero-order valence-corrected chi connectivity index (χ0v) is 18.4. The third kappa shape index (κ3) is 7.20. The van der Waals surface area contributed by atoms with Gasteiger partial charge < -0.3 is 4.74 Å². The topological polar surface area (TPSA) is 90.0 Å². The molecule has 0 atom stereocenters. The molecule has 12 heteroatoms. The molecule has 2 rings (SSSR count). The summed E-state index contributed by atoms with van der Waals surface area (Å²) in [5.74, 6) is -0.678. The van der Waals surface area contributed by atoms with Gasteiger partial charge in [0.25, 0.3) is 10.1 Å². The van der Waals surface area contributed by atoms with Gasteiger partial charge in [0.05, 0.1) is 16.4 Å². The van der Waals surface area contributed by atoms with E-state index in [1.807, 2.05) is 0 Å². The molecule has 0 aliphatic rings. The Hall–Kier alpha value is -2.15. The van der Waals surface area contributed by atoms with Crippen molar-refractivity contribution in [1.82, 2.24) is 4.31 Å². The molecule has 0 heterocycles. The fourth-order valence-electron chi connectivity index (χ4n) is 2.60. The van der Waals surface area contributed by atoms with Crippen molar-refractivity contribution in [2.24, 2.45) is 0 Å². The van der Waals surface area contributed by atoms with Gasteiger partial charge >= 0.3 is 6.36 Å². The number of hydrogen-bond acceptors (Lipinski definition) is 6. The van der Waals surface area contributed by atoms with E-state index in [0.29, 0.717) is 6.42 Å². The summed E-state index contributed by atoms with van der Waals surface area (Å²) in [5.41, 5.74) is 0.857. The number of halogens is 3. The summed E-state index contributed by atoms with van der Waals surface area (Å²) in [6, 6.07) is 9.93. The first kappa shape index (κ1) is 25.1. The van der Waals surface area contributed by atoms with Crippen molar-refractivity contribution in [3.63, 3.8) is 0 Å². The van der Waals surface area contributed by atoms with Gasteiger partial charge in [-0.3, -0.25) is 4.18 Å². The Kier molecular flexibility index (Phi) is 8.09. The number of ether oxygens (including phenoxy) is 1. The minimum absolute atomic E-state index is 0.0145. The molecule has 0 saturated heterocycles. The van der Waals surface area contributed by atoms with Crippen molar-refractivity contribution < 1.29 is 38.9 Å². The zero-order valence-electron chi connectivity index (χ0n) is 16.8. The summed E-state index contributed by atoms with van der Waals surface area (Å²) in [5, 5.41) is 0. The molecule has 0 fully saturated rings. The molecule has 31 heavy (non-hydrogen) atoms. The van der Waals surface area contributed by atoms with E-state index >= 15 is 0 Å². The Bertz CT molecular complexity index is 1080. The highest BCUT2D eigenvalue weighted by atomic mass is 32.2. The van der Waals surface area contributed by atoms with Crippen LogP contribution in [0.1, 0.15) is 18.9 Å². The van der Waals surface area contributed by atoms with E-state index in [1.165, 1.54) is 12.1 Å². The second kappa shape index (κ2) is 9.98.